The van der Waals surface area contributed by atoms with Crippen molar-refractivity contribution in [1.82, 2.24) is 15.6 Å². The molecular formula is C21H28F2N4. The fraction of sp³-hybridized carbons (Fsp3) is 0.381. The fourth-order valence-corrected chi connectivity index (χ4v) is 2.54. The highest BCUT2D eigenvalue weighted by molar-refractivity contribution is 5.73. The highest BCUT2D eigenvalue weighted by Crippen LogP contribution is 2.32. The van der Waals surface area contributed by atoms with Crippen LogP contribution in [0.25, 0.3) is 5.57 Å². The molecule has 4 nitrogen and oxygen atoms in total. The van der Waals surface area contributed by atoms with Crippen LogP contribution in [-0.4, -0.2) is 23.8 Å². The van der Waals surface area contributed by atoms with Gasteiger partial charge in [-0.15, -0.1) is 10.9 Å². The van der Waals surface area contributed by atoms with Gasteiger partial charge in [0.05, 0.1) is 5.69 Å². The van der Waals surface area contributed by atoms with E-state index in [1.807, 2.05) is 33.8 Å². The van der Waals surface area contributed by atoms with Crippen LogP contribution in [0.5, 0.6) is 0 Å². The van der Waals surface area contributed by atoms with Crippen molar-refractivity contribution >= 4 is 5.57 Å². The third-order valence-electron chi connectivity index (χ3n) is 4.19. The molecular weight excluding hydrogens is 346 g/mol. The number of allylic oxidation sites excluding steroid dienone is 5. The lowest BCUT2D eigenvalue weighted by molar-refractivity contribution is -0.100. The topological polar surface area (TPSA) is 54.2 Å². The molecule has 0 aromatic carbocycles. The molecule has 0 aliphatic carbocycles. The van der Waals surface area contributed by atoms with E-state index in [-0.39, 0.29) is 29.1 Å². The van der Waals surface area contributed by atoms with Gasteiger partial charge in [-0.25, -0.2) is 14.8 Å². The molecule has 0 fully saturated rings. The summed E-state index contributed by atoms with van der Waals surface area (Å²) in [5.41, 5.74) is 8.54. The zero-order valence-corrected chi connectivity index (χ0v) is 16.6. The van der Waals surface area contributed by atoms with Crippen molar-refractivity contribution < 1.29 is 8.87 Å². The van der Waals surface area contributed by atoms with Crippen molar-refractivity contribution in [2.45, 2.75) is 39.2 Å². The Morgan fingerprint density at radius 3 is 2.52 bits per heavy atom. The predicted molar refractivity (Wildman–Crippen MR) is 107 cm³/mol. The molecule has 27 heavy (non-hydrogen) atoms. The molecule has 146 valence electrons. The first kappa shape index (κ1) is 22.7. The van der Waals surface area contributed by atoms with Crippen molar-refractivity contribution in [3.05, 3.63) is 59.2 Å². The van der Waals surface area contributed by atoms with Gasteiger partial charge in [0.15, 0.2) is 11.4 Å². The molecule has 1 rings (SSSR count). The van der Waals surface area contributed by atoms with Crippen LogP contribution in [0.15, 0.2) is 36.4 Å². The number of hydrogen-bond donors (Lipinski definition) is 2. The number of rotatable bonds is 8. The molecule has 1 unspecified atom stereocenters. The molecule has 0 radical (unpaired) electrons. The van der Waals surface area contributed by atoms with Gasteiger partial charge in [-0.05, 0) is 31.4 Å². The van der Waals surface area contributed by atoms with E-state index >= 15 is 4.39 Å². The maximum absolute atomic E-state index is 15.2. The van der Waals surface area contributed by atoms with Crippen molar-refractivity contribution in [2.24, 2.45) is 5.73 Å². The Bertz CT molecular complexity index is 786. The second kappa shape index (κ2) is 9.56. The number of nitrogens with one attached hydrogen (secondary N) is 1. The summed E-state index contributed by atoms with van der Waals surface area (Å²) in [6.07, 6.45) is 10.7. The van der Waals surface area contributed by atoms with Crippen molar-refractivity contribution in [3.63, 3.8) is 0 Å². The van der Waals surface area contributed by atoms with E-state index in [0.717, 1.165) is 5.57 Å². The van der Waals surface area contributed by atoms with Gasteiger partial charge in [-0.3, -0.25) is 0 Å². The van der Waals surface area contributed by atoms with E-state index in [0.29, 0.717) is 11.1 Å². The Hall–Kier alpha value is -2.33. The second-order valence-corrected chi connectivity index (χ2v) is 6.70. The van der Waals surface area contributed by atoms with Gasteiger partial charge in [0.25, 0.3) is 0 Å². The predicted octanol–water partition coefficient (Wildman–Crippen LogP) is 3.99. The van der Waals surface area contributed by atoms with Crippen LogP contribution in [0.3, 0.4) is 0 Å². The van der Waals surface area contributed by atoms with Crippen molar-refractivity contribution in [2.75, 3.05) is 13.6 Å². The monoisotopic (exact) mass is 374 g/mol. The van der Waals surface area contributed by atoms with Gasteiger partial charge >= 0.3 is 0 Å². The normalized spacial score (nSPS) is 14.0. The quantitative estimate of drug-likeness (QED) is 0.313. The van der Waals surface area contributed by atoms with E-state index in [2.05, 4.69) is 22.9 Å². The Kier molecular flexibility index (Phi) is 8.04. The summed E-state index contributed by atoms with van der Waals surface area (Å²) in [6.45, 7) is 11.0. The SMILES string of the molecule is C#CC(CN)(c1cc(C(C)C)c(F)c(/C(C=C)=C/C=C(C)C)n1)N(F)NC. The first-order valence-electron chi connectivity index (χ1n) is 8.68. The van der Waals surface area contributed by atoms with E-state index < -0.39 is 11.4 Å². The summed E-state index contributed by atoms with van der Waals surface area (Å²) in [4.78, 5) is 4.36. The average molecular weight is 374 g/mol. The van der Waals surface area contributed by atoms with Crippen LogP contribution >= 0.6 is 0 Å². The fourth-order valence-electron chi connectivity index (χ4n) is 2.54. The minimum absolute atomic E-state index is 0.0567. The Labute approximate surface area is 160 Å². The summed E-state index contributed by atoms with van der Waals surface area (Å²) in [5, 5.41) is 0.217. The summed E-state index contributed by atoms with van der Waals surface area (Å²) < 4.78 is 29.7. The lowest BCUT2D eigenvalue weighted by Crippen LogP contribution is -2.51. The number of aromatic nitrogens is 1. The lowest BCUT2D eigenvalue weighted by atomic mass is 9.91. The molecule has 0 amide bonds. The first-order valence-corrected chi connectivity index (χ1v) is 8.68. The summed E-state index contributed by atoms with van der Waals surface area (Å²) in [5.74, 6) is 1.72. The number of halogens is 2. The summed E-state index contributed by atoms with van der Waals surface area (Å²) in [6, 6.07) is 1.47. The molecule has 0 bridgehead atoms. The van der Waals surface area contributed by atoms with Crippen LogP contribution in [0.2, 0.25) is 0 Å². The number of nitrogens with zero attached hydrogens (tertiary/aromatic N) is 2. The molecule has 0 saturated carbocycles. The summed E-state index contributed by atoms with van der Waals surface area (Å²) in [7, 11) is 1.37. The number of terminal acetylenes is 1. The van der Waals surface area contributed by atoms with Gasteiger partial charge in [-0.2, -0.15) is 0 Å². The minimum Gasteiger partial charge on any atom is -0.327 e. The van der Waals surface area contributed by atoms with E-state index in [1.54, 1.807) is 6.08 Å². The van der Waals surface area contributed by atoms with Crippen molar-refractivity contribution in [3.8, 4) is 12.3 Å². The van der Waals surface area contributed by atoms with Crippen LogP contribution in [0.1, 0.15) is 50.6 Å². The first-order chi connectivity index (χ1) is 12.7. The molecule has 0 aliphatic heterocycles. The molecule has 1 aromatic heterocycles. The van der Waals surface area contributed by atoms with Gasteiger partial charge in [-0.1, -0.05) is 55.4 Å². The molecule has 1 atom stereocenters. The molecule has 6 heteroatoms. The number of hydrogen-bond acceptors (Lipinski definition) is 4. The summed E-state index contributed by atoms with van der Waals surface area (Å²) >= 11 is 0. The minimum atomic E-state index is -1.68. The highest BCUT2D eigenvalue weighted by atomic mass is 19.2. The van der Waals surface area contributed by atoms with Crippen LogP contribution in [0, 0.1) is 18.2 Å². The van der Waals surface area contributed by atoms with E-state index in [1.165, 1.54) is 19.2 Å². The smallest absolute Gasteiger partial charge is 0.181 e. The Morgan fingerprint density at radius 2 is 2.11 bits per heavy atom. The maximum atomic E-state index is 15.2. The van der Waals surface area contributed by atoms with E-state index in [9.17, 15) is 4.48 Å². The van der Waals surface area contributed by atoms with Crippen LogP contribution in [0.4, 0.5) is 8.87 Å². The molecule has 0 saturated heterocycles. The lowest BCUT2D eigenvalue weighted by Gasteiger charge is -2.32. The van der Waals surface area contributed by atoms with Gasteiger partial charge < -0.3 is 5.73 Å². The average Bonchev–Trinajstić information content (AvgIpc) is 2.64. The molecule has 0 aliphatic rings. The molecule has 3 N–H and O–H groups in total. The van der Waals surface area contributed by atoms with Gasteiger partial charge in [0.1, 0.15) is 5.69 Å². The standard InChI is InChI=1S/C21H28F2N4/c1-8-16(11-10-14(3)4)20-19(22)17(15(5)6)12-18(26-20)21(9-2,13-24)27(23)25-7/h2,8,10-12,15,25H,1,13,24H2,3-7H3/b16-11+. The molecule has 1 heterocycles. The number of pyridine rings is 1. The second-order valence-electron chi connectivity index (χ2n) is 6.70. The zero-order chi connectivity index (χ0) is 20.8. The molecule has 1 aromatic rings. The van der Waals surface area contributed by atoms with Gasteiger partial charge in [0.2, 0.25) is 0 Å². The maximum Gasteiger partial charge on any atom is 0.181 e. The van der Waals surface area contributed by atoms with Crippen LogP contribution in [-0.2, 0) is 5.54 Å². The Balaban J connectivity index is 3.88. The number of nitrogens with two attached hydrogens (primary N) is 1. The van der Waals surface area contributed by atoms with Gasteiger partial charge in [0, 0.05) is 19.2 Å². The largest absolute Gasteiger partial charge is 0.327 e. The zero-order valence-electron chi connectivity index (χ0n) is 16.6. The van der Waals surface area contributed by atoms with Crippen molar-refractivity contribution in [1.29, 1.82) is 0 Å². The Morgan fingerprint density at radius 1 is 1.48 bits per heavy atom. The third kappa shape index (κ3) is 4.69. The van der Waals surface area contributed by atoms with Crippen LogP contribution < -0.4 is 11.2 Å². The molecule has 0 spiro atoms. The highest BCUT2D eigenvalue weighted by Gasteiger charge is 2.39. The number of hydrazine groups is 1. The van der Waals surface area contributed by atoms with E-state index in [4.69, 9.17) is 12.2 Å². The third-order valence-corrected chi connectivity index (χ3v) is 4.19.